The van der Waals surface area contributed by atoms with Crippen molar-refractivity contribution < 1.29 is 14.0 Å². The van der Waals surface area contributed by atoms with Crippen LogP contribution in [0.3, 0.4) is 0 Å². The zero-order chi connectivity index (χ0) is 16.3. The molecule has 1 N–H and O–H groups in total. The molecule has 21 heavy (non-hydrogen) atoms. The molecule has 0 saturated carbocycles. The van der Waals surface area contributed by atoms with Gasteiger partial charge in [0.1, 0.15) is 0 Å². The number of halogens is 1. The van der Waals surface area contributed by atoms with Crippen molar-refractivity contribution in [3.63, 3.8) is 0 Å². The first kappa shape index (κ1) is 20.3. The summed E-state index contributed by atoms with van der Waals surface area (Å²) in [7, 11) is 2.92. The average Bonchev–Trinajstić information content (AvgIpc) is 2.43. The van der Waals surface area contributed by atoms with Gasteiger partial charge in [0.2, 0.25) is 5.91 Å². The third-order valence-electron chi connectivity index (χ3n) is 3.37. The molecule has 0 heterocycles. The van der Waals surface area contributed by atoms with Gasteiger partial charge < -0.3 is 5.32 Å². The lowest BCUT2D eigenvalue weighted by Crippen LogP contribution is -2.29. The summed E-state index contributed by atoms with van der Waals surface area (Å²) in [6, 6.07) is 0.997. The number of amides is 1. The van der Waals surface area contributed by atoms with E-state index in [1.165, 1.54) is 21.6 Å². The predicted molar refractivity (Wildman–Crippen MR) is 86.4 cm³/mol. The molecule has 7 heteroatoms. The molecule has 1 unspecified atom stereocenters. The molecule has 1 atom stereocenters. The van der Waals surface area contributed by atoms with Gasteiger partial charge in [-0.3, -0.25) is 9.59 Å². The first-order chi connectivity index (χ1) is 9.81. The van der Waals surface area contributed by atoms with Crippen LogP contribution in [0.15, 0.2) is 0 Å². The van der Waals surface area contributed by atoms with Crippen LogP contribution in [0.5, 0.6) is 0 Å². The third kappa shape index (κ3) is 9.75. The topological polar surface area (TPSA) is 70.0 Å². The molecule has 0 aliphatic carbocycles. The number of hydrogen-bond acceptors (Lipinski definition) is 5. The van der Waals surface area contributed by atoms with Crippen molar-refractivity contribution in [2.75, 3.05) is 18.1 Å². The zero-order valence-corrected chi connectivity index (χ0v) is 14.4. The maximum atomic E-state index is 11.9. The smallest absolute Gasteiger partial charge is 0.302 e. The lowest BCUT2D eigenvalue weighted by Gasteiger charge is -2.25. The van der Waals surface area contributed by atoms with E-state index in [0.29, 0.717) is 30.9 Å². The second-order valence-corrected chi connectivity index (χ2v) is 7.99. The van der Waals surface area contributed by atoms with Crippen LogP contribution in [0.2, 0.25) is 0 Å². The first-order valence-electron chi connectivity index (χ1n) is 6.92. The molecule has 4 nitrogen and oxygen atoms in total. The quantitative estimate of drug-likeness (QED) is 0.356. The molecule has 0 aliphatic rings. The van der Waals surface area contributed by atoms with Gasteiger partial charge in [0.15, 0.2) is 0 Å². The summed E-state index contributed by atoms with van der Waals surface area (Å²) in [5.74, 6) is 1.31. The Labute approximate surface area is 134 Å². The van der Waals surface area contributed by atoms with Crippen molar-refractivity contribution in [1.82, 2.24) is 5.32 Å². The van der Waals surface area contributed by atoms with E-state index in [2.05, 4.69) is 11.4 Å². The van der Waals surface area contributed by atoms with E-state index in [-0.39, 0.29) is 18.2 Å². The SMILES string of the molecule is CC(C)C(C)(C#N)CCC(=O)NCCSSCCC(=O)F. The first-order valence-corrected chi connectivity index (χ1v) is 9.41. The van der Waals surface area contributed by atoms with Crippen LogP contribution in [0, 0.1) is 22.7 Å². The van der Waals surface area contributed by atoms with Gasteiger partial charge in [-0.05, 0) is 19.3 Å². The van der Waals surface area contributed by atoms with Crippen molar-refractivity contribution in [2.45, 2.75) is 40.0 Å². The van der Waals surface area contributed by atoms with Crippen LogP contribution in [0.1, 0.15) is 40.0 Å². The third-order valence-corrected chi connectivity index (χ3v) is 5.78. The fourth-order valence-electron chi connectivity index (χ4n) is 1.41. The van der Waals surface area contributed by atoms with Crippen molar-refractivity contribution in [3.05, 3.63) is 0 Å². The molecular weight excluding hydrogens is 311 g/mol. The van der Waals surface area contributed by atoms with Gasteiger partial charge in [-0.1, -0.05) is 35.4 Å². The van der Waals surface area contributed by atoms with Crippen LogP contribution in [-0.2, 0) is 9.59 Å². The van der Waals surface area contributed by atoms with Gasteiger partial charge >= 0.3 is 6.04 Å². The van der Waals surface area contributed by atoms with Gasteiger partial charge in [-0.25, -0.2) is 0 Å². The molecule has 0 aromatic carbocycles. The van der Waals surface area contributed by atoms with E-state index in [0.717, 1.165) is 0 Å². The van der Waals surface area contributed by atoms with Gasteiger partial charge in [-0.15, -0.1) is 0 Å². The second-order valence-electron chi connectivity index (χ2n) is 5.28. The van der Waals surface area contributed by atoms with Gasteiger partial charge in [-0.2, -0.15) is 9.65 Å². The lowest BCUT2D eigenvalue weighted by atomic mass is 9.77. The molecule has 0 aliphatic heterocycles. The fraction of sp³-hybridized carbons (Fsp3) is 0.786. The molecular formula is C14H23FN2O2S2. The van der Waals surface area contributed by atoms with E-state index in [1.54, 1.807) is 0 Å². The monoisotopic (exact) mass is 334 g/mol. The van der Waals surface area contributed by atoms with Crippen molar-refractivity contribution in [1.29, 1.82) is 5.26 Å². The van der Waals surface area contributed by atoms with Crippen LogP contribution in [0.4, 0.5) is 4.39 Å². The number of rotatable bonds is 11. The Kier molecular flexibility index (Phi) is 10.5. The highest BCUT2D eigenvalue weighted by atomic mass is 33.1. The summed E-state index contributed by atoms with van der Waals surface area (Å²) >= 11 is 0. The van der Waals surface area contributed by atoms with E-state index < -0.39 is 11.5 Å². The molecule has 0 rings (SSSR count). The summed E-state index contributed by atoms with van der Waals surface area (Å²) in [6.07, 6.45) is 0.829. The number of nitriles is 1. The molecule has 0 radical (unpaired) electrons. The van der Waals surface area contributed by atoms with Crippen molar-refractivity contribution in [2.24, 2.45) is 11.3 Å². The van der Waals surface area contributed by atoms with E-state index >= 15 is 0 Å². The minimum Gasteiger partial charge on any atom is -0.355 e. The maximum absolute atomic E-state index is 11.9. The molecule has 0 spiro atoms. The van der Waals surface area contributed by atoms with E-state index in [4.69, 9.17) is 5.26 Å². The van der Waals surface area contributed by atoms with Crippen molar-refractivity contribution in [3.8, 4) is 6.07 Å². The van der Waals surface area contributed by atoms with Crippen LogP contribution < -0.4 is 5.32 Å². The highest BCUT2D eigenvalue weighted by Crippen LogP contribution is 2.31. The van der Waals surface area contributed by atoms with Gasteiger partial charge in [0.25, 0.3) is 0 Å². The summed E-state index contributed by atoms with van der Waals surface area (Å²) in [4.78, 5) is 21.8. The standard InChI is InChI=1S/C14H23FN2O2S2/c1-11(2)14(3,10-16)6-4-13(19)17-7-9-21-20-8-5-12(15)18/h11H,4-9H2,1-3H3,(H,17,19). The van der Waals surface area contributed by atoms with E-state index in [9.17, 15) is 14.0 Å². The van der Waals surface area contributed by atoms with Gasteiger partial charge in [0, 0.05) is 30.9 Å². The molecule has 0 fully saturated rings. The van der Waals surface area contributed by atoms with Crippen LogP contribution in [0.25, 0.3) is 0 Å². The summed E-state index contributed by atoms with van der Waals surface area (Å²) in [5.41, 5.74) is -0.471. The number of nitrogens with zero attached hydrogens (tertiary/aromatic N) is 1. The summed E-state index contributed by atoms with van der Waals surface area (Å²) in [6.45, 7) is 6.38. The highest BCUT2D eigenvalue weighted by Gasteiger charge is 2.28. The van der Waals surface area contributed by atoms with Gasteiger partial charge in [0.05, 0.1) is 11.5 Å². The van der Waals surface area contributed by atoms with Crippen molar-refractivity contribution >= 4 is 33.5 Å². The zero-order valence-electron chi connectivity index (χ0n) is 12.8. The Morgan fingerprint density at radius 3 is 2.43 bits per heavy atom. The fourth-order valence-corrected chi connectivity index (χ4v) is 3.28. The number of carbonyl (C=O) groups excluding carboxylic acids is 2. The Hall–Kier alpha value is -0.740. The predicted octanol–water partition coefficient (Wildman–Crippen LogP) is 3.34. The Morgan fingerprint density at radius 2 is 1.90 bits per heavy atom. The summed E-state index contributed by atoms with van der Waals surface area (Å²) < 4.78 is 11.9. The molecule has 0 bridgehead atoms. The molecule has 1 amide bonds. The number of hydrogen-bond donors (Lipinski definition) is 1. The molecule has 0 saturated heterocycles. The second kappa shape index (κ2) is 10.9. The number of carbonyl (C=O) groups is 2. The highest BCUT2D eigenvalue weighted by molar-refractivity contribution is 8.76. The number of nitrogens with one attached hydrogen (secondary N) is 1. The molecule has 0 aromatic heterocycles. The Morgan fingerprint density at radius 1 is 1.29 bits per heavy atom. The van der Waals surface area contributed by atoms with Crippen LogP contribution >= 0.6 is 21.6 Å². The Balaban J connectivity index is 3.68. The summed E-state index contributed by atoms with van der Waals surface area (Å²) in [5, 5.41) is 12.0. The minimum atomic E-state index is -1.29. The van der Waals surface area contributed by atoms with E-state index in [1.807, 2.05) is 20.8 Å². The normalized spacial score (nSPS) is 13.5. The average molecular weight is 334 g/mol. The molecule has 0 aromatic rings. The van der Waals surface area contributed by atoms with Crippen LogP contribution in [-0.4, -0.2) is 30.0 Å². The largest absolute Gasteiger partial charge is 0.355 e. The Bertz CT molecular complexity index is 386. The maximum Gasteiger partial charge on any atom is 0.302 e. The minimum absolute atomic E-state index is 0.0540. The lowest BCUT2D eigenvalue weighted by molar-refractivity contribution is -0.128. The molecule has 120 valence electrons.